The molecule has 0 spiro atoms. The molecule has 1 fully saturated rings. The summed E-state index contributed by atoms with van der Waals surface area (Å²) in [6, 6.07) is 3.31. The Morgan fingerprint density at radius 3 is 2.71 bits per heavy atom. The molecule has 21 heavy (non-hydrogen) atoms. The SMILES string of the molecule is CC1CCCN(S(=O)(=O)c2ccc(Cl)cc2F)C1CN.Cl. The third kappa shape index (κ3) is 3.68. The highest BCUT2D eigenvalue weighted by Crippen LogP contribution is 2.30. The minimum atomic E-state index is -3.88. The molecule has 0 bridgehead atoms. The fraction of sp³-hybridized carbons (Fsp3) is 0.538. The predicted molar refractivity (Wildman–Crippen MR) is 83.8 cm³/mol. The zero-order chi connectivity index (χ0) is 14.9. The van der Waals surface area contributed by atoms with Gasteiger partial charge in [-0.05, 0) is 37.0 Å². The number of hydrogen-bond acceptors (Lipinski definition) is 3. The molecular formula is C13H19Cl2FN2O2S. The minimum Gasteiger partial charge on any atom is -0.329 e. The smallest absolute Gasteiger partial charge is 0.246 e. The van der Waals surface area contributed by atoms with Crippen LogP contribution in [-0.2, 0) is 10.0 Å². The van der Waals surface area contributed by atoms with Crippen molar-refractivity contribution < 1.29 is 12.8 Å². The summed E-state index contributed by atoms with van der Waals surface area (Å²) in [5, 5.41) is 0.170. The highest BCUT2D eigenvalue weighted by molar-refractivity contribution is 7.89. The van der Waals surface area contributed by atoms with Gasteiger partial charge in [0.25, 0.3) is 0 Å². The van der Waals surface area contributed by atoms with Gasteiger partial charge >= 0.3 is 0 Å². The van der Waals surface area contributed by atoms with Gasteiger partial charge in [0.1, 0.15) is 10.7 Å². The van der Waals surface area contributed by atoms with E-state index < -0.39 is 15.8 Å². The van der Waals surface area contributed by atoms with Crippen molar-refractivity contribution in [2.75, 3.05) is 13.1 Å². The third-order valence-electron chi connectivity index (χ3n) is 3.79. The number of benzene rings is 1. The zero-order valence-electron chi connectivity index (χ0n) is 11.6. The molecule has 2 N–H and O–H groups in total. The lowest BCUT2D eigenvalue weighted by Crippen LogP contribution is -2.51. The quantitative estimate of drug-likeness (QED) is 0.905. The molecular weight excluding hydrogens is 338 g/mol. The number of sulfonamides is 1. The monoisotopic (exact) mass is 356 g/mol. The molecule has 1 aromatic rings. The number of piperidine rings is 1. The van der Waals surface area contributed by atoms with Crippen molar-refractivity contribution in [1.82, 2.24) is 4.31 Å². The highest BCUT2D eigenvalue weighted by Gasteiger charge is 2.37. The molecule has 2 atom stereocenters. The van der Waals surface area contributed by atoms with Gasteiger partial charge in [-0.2, -0.15) is 4.31 Å². The summed E-state index contributed by atoms with van der Waals surface area (Å²) in [7, 11) is -3.88. The fourth-order valence-corrected chi connectivity index (χ4v) is 4.65. The Kier molecular flexibility index (Phi) is 6.43. The lowest BCUT2D eigenvalue weighted by molar-refractivity contribution is 0.192. The average Bonchev–Trinajstić information content (AvgIpc) is 2.37. The summed E-state index contributed by atoms with van der Waals surface area (Å²) in [4.78, 5) is -0.338. The largest absolute Gasteiger partial charge is 0.329 e. The topological polar surface area (TPSA) is 63.4 Å². The van der Waals surface area contributed by atoms with E-state index >= 15 is 0 Å². The van der Waals surface area contributed by atoms with Crippen molar-refractivity contribution in [1.29, 1.82) is 0 Å². The van der Waals surface area contributed by atoms with Gasteiger partial charge in [-0.25, -0.2) is 12.8 Å². The van der Waals surface area contributed by atoms with Gasteiger partial charge in [-0.15, -0.1) is 12.4 Å². The Balaban J connectivity index is 0.00000220. The first-order valence-electron chi connectivity index (χ1n) is 6.55. The summed E-state index contributed by atoms with van der Waals surface area (Å²) in [6.07, 6.45) is 1.68. The molecule has 0 radical (unpaired) electrons. The maximum absolute atomic E-state index is 13.9. The van der Waals surface area contributed by atoms with Crippen molar-refractivity contribution >= 4 is 34.0 Å². The van der Waals surface area contributed by atoms with Crippen LogP contribution in [0.5, 0.6) is 0 Å². The van der Waals surface area contributed by atoms with E-state index in [1.807, 2.05) is 6.92 Å². The molecule has 120 valence electrons. The molecule has 8 heteroatoms. The van der Waals surface area contributed by atoms with E-state index in [9.17, 15) is 12.8 Å². The Morgan fingerprint density at radius 2 is 2.14 bits per heavy atom. The zero-order valence-corrected chi connectivity index (χ0v) is 14.0. The van der Waals surface area contributed by atoms with Crippen molar-refractivity contribution in [3.63, 3.8) is 0 Å². The predicted octanol–water partition coefficient (Wildman–Crippen LogP) is 2.65. The van der Waals surface area contributed by atoms with E-state index in [1.54, 1.807) is 0 Å². The van der Waals surface area contributed by atoms with Gasteiger partial charge in [0.15, 0.2) is 0 Å². The van der Waals surface area contributed by atoms with Crippen LogP contribution in [0.2, 0.25) is 5.02 Å². The van der Waals surface area contributed by atoms with Gasteiger partial charge in [-0.1, -0.05) is 18.5 Å². The number of nitrogens with zero attached hydrogens (tertiary/aromatic N) is 1. The van der Waals surface area contributed by atoms with Gasteiger partial charge in [0.2, 0.25) is 10.0 Å². The Morgan fingerprint density at radius 1 is 1.48 bits per heavy atom. The first-order valence-corrected chi connectivity index (χ1v) is 8.36. The van der Waals surface area contributed by atoms with Crippen molar-refractivity contribution in [2.24, 2.45) is 11.7 Å². The number of rotatable bonds is 3. The maximum atomic E-state index is 13.9. The van der Waals surface area contributed by atoms with Crippen molar-refractivity contribution in [3.05, 3.63) is 29.0 Å². The molecule has 1 aliphatic heterocycles. The van der Waals surface area contributed by atoms with Crippen LogP contribution in [0.25, 0.3) is 0 Å². The first-order chi connectivity index (χ1) is 9.37. The summed E-state index contributed by atoms with van der Waals surface area (Å²) < 4.78 is 40.5. The Bertz CT molecular complexity index is 598. The van der Waals surface area contributed by atoms with E-state index in [2.05, 4.69) is 0 Å². The molecule has 1 saturated heterocycles. The van der Waals surface area contributed by atoms with Crippen molar-refractivity contribution in [3.8, 4) is 0 Å². The molecule has 0 aliphatic carbocycles. The van der Waals surface area contributed by atoms with Crippen LogP contribution >= 0.6 is 24.0 Å². The highest BCUT2D eigenvalue weighted by atomic mass is 35.5. The lowest BCUT2D eigenvalue weighted by Gasteiger charge is -2.38. The van der Waals surface area contributed by atoms with Crippen LogP contribution in [-0.4, -0.2) is 31.9 Å². The van der Waals surface area contributed by atoms with Gasteiger partial charge in [0, 0.05) is 24.2 Å². The van der Waals surface area contributed by atoms with E-state index in [-0.39, 0.29) is 40.8 Å². The maximum Gasteiger partial charge on any atom is 0.246 e. The number of nitrogens with two attached hydrogens (primary N) is 1. The number of halogens is 3. The lowest BCUT2D eigenvalue weighted by atomic mass is 9.93. The van der Waals surface area contributed by atoms with Gasteiger partial charge < -0.3 is 5.73 Å². The summed E-state index contributed by atoms with van der Waals surface area (Å²) in [5.41, 5.74) is 5.70. The molecule has 1 aromatic carbocycles. The third-order valence-corrected chi connectivity index (χ3v) is 5.98. The molecule has 0 saturated carbocycles. The molecule has 0 amide bonds. The van der Waals surface area contributed by atoms with Crippen LogP contribution in [0, 0.1) is 11.7 Å². The molecule has 4 nitrogen and oxygen atoms in total. The molecule has 2 rings (SSSR count). The molecule has 1 heterocycles. The van der Waals surface area contributed by atoms with Crippen LogP contribution in [0.1, 0.15) is 19.8 Å². The summed E-state index contributed by atoms with van der Waals surface area (Å²) >= 11 is 5.66. The standard InChI is InChI=1S/C13H18ClFN2O2S.ClH/c1-9-3-2-6-17(12(9)8-16)20(18,19)13-5-4-10(14)7-11(13)15;/h4-5,7,9,12H,2-3,6,8,16H2,1H3;1H. The second-order valence-corrected chi connectivity index (χ2v) is 7.41. The van der Waals surface area contributed by atoms with Crippen LogP contribution in [0.3, 0.4) is 0 Å². The summed E-state index contributed by atoms with van der Waals surface area (Å²) in [6.45, 7) is 2.57. The molecule has 1 aliphatic rings. The van der Waals surface area contributed by atoms with Crippen LogP contribution < -0.4 is 5.73 Å². The van der Waals surface area contributed by atoms with E-state index in [1.165, 1.54) is 16.4 Å². The minimum absolute atomic E-state index is 0. The molecule has 0 aromatic heterocycles. The number of hydrogen-bond donors (Lipinski definition) is 1. The Labute approximate surface area is 135 Å². The van der Waals surface area contributed by atoms with E-state index in [0.29, 0.717) is 6.54 Å². The normalized spacial score (nSPS) is 23.6. The summed E-state index contributed by atoms with van der Waals surface area (Å²) in [5.74, 6) is -0.662. The second-order valence-electron chi connectivity index (χ2n) is 5.11. The van der Waals surface area contributed by atoms with Gasteiger partial charge in [0.05, 0.1) is 0 Å². The first kappa shape index (κ1) is 18.6. The van der Waals surface area contributed by atoms with Crippen LogP contribution in [0.4, 0.5) is 4.39 Å². The fourth-order valence-electron chi connectivity index (χ4n) is 2.67. The molecule has 2 unspecified atom stereocenters. The van der Waals surface area contributed by atoms with E-state index in [0.717, 1.165) is 18.9 Å². The Hall–Kier alpha value is -0.400. The van der Waals surface area contributed by atoms with Crippen LogP contribution in [0.15, 0.2) is 23.1 Å². The average molecular weight is 357 g/mol. The second kappa shape index (κ2) is 7.24. The van der Waals surface area contributed by atoms with Crippen molar-refractivity contribution in [2.45, 2.75) is 30.7 Å². The van der Waals surface area contributed by atoms with Gasteiger partial charge in [-0.3, -0.25) is 0 Å². The van der Waals surface area contributed by atoms with E-state index in [4.69, 9.17) is 17.3 Å².